The van der Waals surface area contributed by atoms with Gasteiger partial charge in [0, 0.05) is 19.5 Å². The van der Waals surface area contributed by atoms with Crippen LogP contribution in [0.15, 0.2) is 48.5 Å². The van der Waals surface area contributed by atoms with E-state index in [1.807, 2.05) is 50.5 Å². The molecule has 2 N–H and O–H groups in total. The maximum Gasteiger partial charge on any atom is 0.315 e. The summed E-state index contributed by atoms with van der Waals surface area (Å²) in [4.78, 5) is 14.2. The van der Waals surface area contributed by atoms with Crippen molar-refractivity contribution in [3.63, 3.8) is 0 Å². The maximum atomic E-state index is 12.1. The standard InChI is InChI=1S/C20H25N3O2/c1-23(2)18(16-8-9-19-17(12-16)10-11-25-19)14-22-20(24)21-13-15-6-4-3-5-7-15/h3-9,12,18H,10-11,13-14H2,1-2H3,(H2,21,22,24). The molecule has 1 aliphatic rings. The van der Waals surface area contributed by atoms with Crippen molar-refractivity contribution >= 4 is 6.03 Å². The van der Waals surface area contributed by atoms with Gasteiger partial charge in [-0.15, -0.1) is 0 Å². The number of amides is 2. The van der Waals surface area contributed by atoms with Crippen LogP contribution in [0.2, 0.25) is 0 Å². The molecule has 1 aliphatic heterocycles. The largest absolute Gasteiger partial charge is 0.493 e. The fourth-order valence-electron chi connectivity index (χ4n) is 3.04. The Balaban J connectivity index is 1.56. The number of likely N-dealkylation sites (N-methyl/N-ethyl adjacent to an activating group) is 1. The summed E-state index contributed by atoms with van der Waals surface area (Å²) in [5, 5.41) is 5.88. The minimum Gasteiger partial charge on any atom is -0.493 e. The van der Waals surface area contributed by atoms with Gasteiger partial charge in [-0.25, -0.2) is 4.79 Å². The SMILES string of the molecule is CN(C)C(CNC(=O)NCc1ccccc1)c1ccc2c(c1)CCO2. The van der Waals surface area contributed by atoms with E-state index in [2.05, 4.69) is 27.7 Å². The molecule has 0 aromatic heterocycles. The Hall–Kier alpha value is -2.53. The van der Waals surface area contributed by atoms with E-state index < -0.39 is 0 Å². The van der Waals surface area contributed by atoms with Gasteiger partial charge in [-0.05, 0) is 36.9 Å². The van der Waals surface area contributed by atoms with Crippen LogP contribution >= 0.6 is 0 Å². The fourth-order valence-corrected chi connectivity index (χ4v) is 3.04. The third-order valence-corrected chi connectivity index (χ3v) is 4.47. The summed E-state index contributed by atoms with van der Waals surface area (Å²) < 4.78 is 5.57. The molecule has 3 rings (SSSR count). The molecule has 0 radical (unpaired) electrons. The van der Waals surface area contributed by atoms with Crippen LogP contribution in [0.3, 0.4) is 0 Å². The van der Waals surface area contributed by atoms with Crippen LogP contribution in [0.5, 0.6) is 5.75 Å². The van der Waals surface area contributed by atoms with Gasteiger partial charge in [-0.2, -0.15) is 0 Å². The minimum absolute atomic E-state index is 0.119. The van der Waals surface area contributed by atoms with E-state index in [0.717, 1.165) is 24.3 Å². The second-order valence-corrected chi connectivity index (χ2v) is 6.49. The van der Waals surface area contributed by atoms with Crippen molar-refractivity contribution in [2.75, 3.05) is 27.2 Å². The Morgan fingerprint density at radius 2 is 1.96 bits per heavy atom. The molecule has 1 unspecified atom stereocenters. The zero-order valence-electron chi connectivity index (χ0n) is 14.8. The fraction of sp³-hybridized carbons (Fsp3) is 0.350. The van der Waals surface area contributed by atoms with Crippen LogP contribution in [-0.2, 0) is 13.0 Å². The summed E-state index contributed by atoms with van der Waals surface area (Å²) in [6.45, 7) is 1.83. The molecule has 1 heterocycles. The van der Waals surface area contributed by atoms with Gasteiger partial charge in [0.2, 0.25) is 0 Å². The first-order chi connectivity index (χ1) is 12.1. The highest BCUT2D eigenvalue weighted by atomic mass is 16.5. The zero-order valence-corrected chi connectivity index (χ0v) is 14.8. The monoisotopic (exact) mass is 339 g/mol. The van der Waals surface area contributed by atoms with Gasteiger partial charge in [-0.1, -0.05) is 42.5 Å². The van der Waals surface area contributed by atoms with Gasteiger partial charge in [0.1, 0.15) is 5.75 Å². The summed E-state index contributed by atoms with van der Waals surface area (Å²) in [7, 11) is 4.05. The van der Waals surface area contributed by atoms with E-state index in [0.29, 0.717) is 13.1 Å². The summed E-state index contributed by atoms with van der Waals surface area (Å²) in [5.74, 6) is 0.981. The van der Waals surface area contributed by atoms with Crippen LogP contribution in [-0.4, -0.2) is 38.2 Å². The quantitative estimate of drug-likeness (QED) is 0.851. The molecule has 5 nitrogen and oxygen atoms in total. The number of hydrogen-bond acceptors (Lipinski definition) is 3. The number of hydrogen-bond donors (Lipinski definition) is 2. The highest BCUT2D eigenvalue weighted by Gasteiger charge is 2.19. The first-order valence-electron chi connectivity index (χ1n) is 8.61. The summed E-state index contributed by atoms with van der Waals surface area (Å²) in [6, 6.07) is 16.2. The number of benzene rings is 2. The van der Waals surface area contributed by atoms with E-state index in [1.54, 1.807) is 0 Å². The average Bonchev–Trinajstić information content (AvgIpc) is 3.08. The molecule has 2 aromatic carbocycles. The topological polar surface area (TPSA) is 53.6 Å². The molecule has 2 aromatic rings. The minimum atomic E-state index is -0.153. The lowest BCUT2D eigenvalue weighted by atomic mass is 10.0. The molecule has 0 saturated heterocycles. The third kappa shape index (κ3) is 4.51. The van der Waals surface area contributed by atoms with Crippen LogP contribution < -0.4 is 15.4 Å². The van der Waals surface area contributed by atoms with Gasteiger partial charge in [0.25, 0.3) is 0 Å². The smallest absolute Gasteiger partial charge is 0.315 e. The van der Waals surface area contributed by atoms with Crippen LogP contribution in [0.4, 0.5) is 4.79 Å². The van der Waals surface area contributed by atoms with E-state index in [-0.39, 0.29) is 12.1 Å². The first kappa shape index (κ1) is 17.3. The summed E-state index contributed by atoms with van der Waals surface area (Å²) in [5.41, 5.74) is 3.52. The molecule has 0 aliphatic carbocycles. The van der Waals surface area contributed by atoms with E-state index in [9.17, 15) is 4.79 Å². The van der Waals surface area contributed by atoms with Crippen molar-refractivity contribution in [3.05, 3.63) is 65.2 Å². The second kappa shape index (κ2) is 8.03. The van der Waals surface area contributed by atoms with E-state index >= 15 is 0 Å². The van der Waals surface area contributed by atoms with Gasteiger partial charge < -0.3 is 20.3 Å². The Morgan fingerprint density at radius 1 is 1.16 bits per heavy atom. The summed E-state index contributed by atoms with van der Waals surface area (Å²) in [6.07, 6.45) is 0.953. The molecule has 0 spiro atoms. The van der Waals surface area contributed by atoms with Crippen molar-refractivity contribution in [2.24, 2.45) is 0 Å². The van der Waals surface area contributed by atoms with Crippen LogP contribution in [0.25, 0.3) is 0 Å². The number of nitrogens with one attached hydrogen (secondary N) is 2. The van der Waals surface area contributed by atoms with Crippen molar-refractivity contribution in [2.45, 2.75) is 19.0 Å². The molecule has 0 saturated carbocycles. The van der Waals surface area contributed by atoms with Gasteiger partial charge in [0.05, 0.1) is 12.6 Å². The molecule has 5 heteroatoms. The Bertz CT molecular complexity index is 716. The van der Waals surface area contributed by atoms with Crippen LogP contribution in [0.1, 0.15) is 22.7 Å². The highest BCUT2D eigenvalue weighted by Crippen LogP contribution is 2.29. The normalized spacial score (nSPS) is 13.9. The number of carbonyl (C=O) groups excluding carboxylic acids is 1. The Kier molecular flexibility index (Phi) is 5.56. The van der Waals surface area contributed by atoms with E-state index in [1.165, 1.54) is 11.1 Å². The lowest BCUT2D eigenvalue weighted by Gasteiger charge is -2.25. The van der Waals surface area contributed by atoms with Gasteiger partial charge in [0.15, 0.2) is 0 Å². The molecule has 2 amide bonds. The predicted molar refractivity (Wildman–Crippen MR) is 98.7 cm³/mol. The van der Waals surface area contributed by atoms with Gasteiger partial charge in [-0.3, -0.25) is 0 Å². The van der Waals surface area contributed by atoms with Crippen molar-refractivity contribution in [1.29, 1.82) is 0 Å². The first-order valence-corrected chi connectivity index (χ1v) is 8.61. The lowest BCUT2D eigenvalue weighted by molar-refractivity contribution is 0.232. The number of rotatable bonds is 6. The molecule has 0 fully saturated rings. The van der Waals surface area contributed by atoms with Crippen molar-refractivity contribution < 1.29 is 9.53 Å². The number of nitrogens with zero attached hydrogens (tertiary/aromatic N) is 1. The molecular weight excluding hydrogens is 314 g/mol. The number of urea groups is 1. The maximum absolute atomic E-state index is 12.1. The second-order valence-electron chi connectivity index (χ2n) is 6.49. The predicted octanol–water partition coefficient (Wildman–Crippen LogP) is 2.72. The number of carbonyl (C=O) groups is 1. The zero-order chi connectivity index (χ0) is 17.6. The highest BCUT2D eigenvalue weighted by molar-refractivity contribution is 5.73. The summed E-state index contributed by atoms with van der Waals surface area (Å²) >= 11 is 0. The molecule has 1 atom stereocenters. The van der Waals surface area contributed by atoms with Gasteiger partial charge >= 0.3 is 6.03 Å². The third-order valence-electron chi connectivity index (χ3n) is 4.47. The molecule has 25 heavy (non-hydrogen) atoms. The average molecular weight is 339 g/mol. The molecule has 0 bridgehead atoms. The van der Waals surface area contributed by atoms with Crippen LogP contribution in [0, 0.1) is 0 Å². The molecule has 132 valence electrons. The lowest BCUT2D eigenvalue weighted by Crippen LogP contribution is -2.40. The Morgan fingerprint density at radius 3 is 2.72 bits per heavy atom. The number of fused-ring (bicyclic) bond motifs is 1. The van der Waals surface area contributed by atoms with Crippen molar-refractivity contribution in [3.8, 4) is 5.75 Å². The van der Waals surface area contributed by atoms with Crippen molar-refractivity contribution in [1.82, 2.24) is 15.5 Å². The number of ether oxygens (including phenoxy) is 1. The Labute approximate surface area is 149 Å². The molecular formula is C20H25N3O2. The van der Waals surface area contributed by atoms with E-state index in [4.69, 9.17) is 4.74 Å².